The fraction of sp³-hybridized carbons (Fsp3) is 0.429. The number of hydrogen-bond donors (Lipinski definition) is 1. The number of carbonyl (C=O) groups is 1. The second-order valence-corrected chi connectivity index (χ2v) is 7.11. The van der Waals surface area contributed by atoms with Crippen LogP contribution in [-0.2, 0) is 16.0 Å². The maximum Gasteiger partial charge on any atom is 0.220 e. The van der Waals surface area contributed by atoms with Crippen LogP contribution >= 0.6 is 11.6 Å². The number of morpholine rings is 1. The zero-order valence-corrected chi connectivity index (χ0v) is 16.2. The summed E-state index contributed by atoms with van der Waals surface area (Å²) in [5, 5.41) is 3.86. The molecule has 5 nitrogen and oxygen atoms in total. The van der Waals surface area contributed by atoms with Crippen molar-refractivity contribution in [3.8, 4) is 0 Å². The molecule has 1 amide bonds. The summed E-state index contributed by atoms with van der Waals surface area (Å²) in [6.45, 7) is 3.76. The maximum absolute atomic E-state index is 12.3. The highest BCUT2D eigenvalue weighted by molar-refractivity contribution is 6.31. The van der Waals surface area contributed by atoms with Crippen LogP contribution in [0, 0.1) is 0 Å². The average molecular weight is 388 g/mol. The lowest BCUT2D eigenvalue weighted by Crippen LogP contribution is -2.43. The van der Waals surface area contributed by atoms with Crippen LogP contribution in [0.2, 0.25) is 5.02 Å². The number of rotatable bonds is 8. The van der Waals surface area contributed by atoms with E-state index in [0.717, 1.165) is 55.3 Å². The normalized spacial score (nSPS) is 16.0. The first kappa shape index (κ1) is 19.8. The molecule has 1 unspecified atom stereocenters. The molecule has 0 bridgehead atoms. The number of nitrogens with zero attached hydrogens (tertiary/aromatic N) is 2. The van der Waals surface area contributed by atoms with Crippen molar-refractivity contribution < 1.29 is 9.53 Å². The topological polar surface area (TPSA) is 54.5 Å². The van der Waals surface area contributed by atoms with Gasteiger partial charge in [0.1, 0.15) is 0 Å². The summed E-state index contributed by atoms with van der Waals surface area (Å²) in [6.07, 6.45) is 5.73. The van der Waals surface area contributed by atoms with Gasteiger partial charge in [0.25, 0.3) is 0 Å². The lowest BCUT2D eigenvalue weighted by Gasteiger charge is -2.34. The Morgan fingerprint density at radius 3 is 2.78 bits per heavy atom. The number of ether oxygens (including phenoxy) is 1. The first-order chi connectivity index (χ1) is 13.2. The molecule has 1 aromatic heterocycles. The van der Waals surface area contributed by atoms with Gasteiger partial charge < -0.3 is 10.1 Å². The molecule has 2 aromatic rings. The van der Waals surface area contributed by atoms with E-state index in [1.807, 2.05) is 36.5 Å². The minimum Gasteiger partial charge on any atom is -0.379 e. The molecule has 2 heterocycles. The van der Waals surface area contributed by atoms with Crippen LogP contribution in [0.5, 0.6) is 0 Å². The van der Waals surface area contributed by atoms with Crippen LogP contribution in [0.1, 0.15) is 30.0 Å². The summed E-state index contributed by atoms with van der Waals surface area (Å²) in [7, 11) is 0. The Kier molecular flexibility index (Phi) is 7.63. The summed E-state index contributed by atoms with van der Waals surface area (Å²) < 4.78 is 5.46. The number of carbonyl (C=O) groups excluding carboxylic acids is 1. The number of hydrogen-bond acceptors (Lipinski definition) is 4. The number of aromatic nitrogens is 1. The summed E-state index contributed by atoms with van der Waals surface area (Å²) in [5.41, 5.74) is 2.21. The molecule has 27 heavy (non-hydrogen) atoms. The van der Waals surface area contributed by atoms with E-state index >= 15 is 0 Å². The van der Waals surface area contributed by atoms with E-state index in [1.54, 1.807) is 6.20 Å². The van der Waals surface area contributed by atoms with E-state index < -0.39 is 0 Å². The Morgan fingerprint density at radius 2 is 2.04 bits per heavy atom. The van der Waals surface area contributed by atoms with Crippen LogP contribution < -0.4 is 5.32 Å². The van der Waals surface area contributed by atoms with Gasteiger partial charge in [-0.1, -0.05) is 35.9 Å². The number of aryl methyl sites for hydroxylation is 1. The lowest BCUT2D eigenvalue weighted by atomic mass is 10.1. The van der Waals surface area contributed by atoms with Crippen LogP contribution in [-0.4, -0.2) is 48.6 Å². The number of amides is 1. The Hall–Kier alpha value is -1.95. The summed E-state index contributed by atoms with van der Waals surface area (Å²) in [5.74, 6) is 0.0733. The number of pyridine rings is 1. The van der Waals surface area contributed by atoms with Gasteiger partial charge in [0.15, 0.2) is 0 Å². The quantitative estimate of drug-likeness (QED) is 0.755. The van der Waals surface area contributed by atoms with Crippen molar-refractivity contribution in [3.63, 3.8) is 0 Å². The molecule has 6 heteroatoms. The van der Waals surface area contributed by atoms with Crippen molar-refractivity contribution in [2.24, 2.45) is 0 Å². The second-order valence-electron chi connectivity index (χ2n) is 6.70. The average Bonchev–Trinajstić information content (AvgIpc) is 2.71. The van der Waals surface area contributed by atoms with Crippen molar-refractivity contribution in [3.05, 3.63) is 64.9 Å². The number of nitrogens with one attached hydrogen (secondary N) is 1. The van der Waals surface area contributed by atoms with Crippen molar-refractivity contribution >= 4 is 17.5 Å². The molecule has 1 saturated heterocycles. The third-order valence-corrected chi connectivity index (χ3v) is 5.22. The molecule has 0 saturated carbocycles. The lowest BCUT2D eigenvalue weighted by molar-refractivity contribution is -0.121. The largest absolute Gasteiger partial charge is 0.379 e. The van der Waals surface area contributed by atoms with Crippen molar-refractivity contribution in [2.75, 3.05) is 32.8 Å². The third-order valence-electron chi connectivity index (χ3n) is 4.86. The predicted octanol–water partition coefficient (Wildman–Crippen LogP) is 3.25. The molecular weight excluding hydrogens is 362 g/mol. The van der Waals surface area contributed by atoms with Gasteiger partial charge in [-0.05, 0) is 36.1 Å². The number of halogens is 1. The fourth-order valence-electron chi connectivity index (χ4n) is 3.36. The Bertz CT molecular complexity index is 720. The zero-order valence-electron chi connectivity index (χ0n) is 15.4. The SMILES string of the molecule is O=C(CCCc1ccccc1Cl)NCC(c1cccnc1)N1CCOCC1. The molecular formula is C21H26ClN3O2. The van der Waals surface area contributed by atoms with Gasteiger partial charge in [0.2, 0.25) is 5.91 Å². The summed E-state index contributed by atoms with van der Waals surface area (Å²) >= 11 is 6.17. The van der Waals surface area contributed by atoms with E-state index in [-0.39, 0.29) is 11.9 Å². The van der Waals surface area contributed by atoms with E-state index in [2.05, 4.69) is 21.3 Å². The van der Waals surface area contributed by atoms with E-state index in [0.29, 0.717) is 13.0 Å². The zero-order chi connectivity index (χ0) is 18.9. The predicted molar refractivity (Wildman–Crippen MR) is 107 cm³/mol. The first-order valence-electron chi connectivity index (χ1n) is 9.46. The van der Waals surface area contributed by atoms with Gasteiger partial charge in [0, 0.05) is 43.5 Å². The molecule has 0 spiro atoms. The monoisotopic (exact) mass is 387 g/mol. The highest BCUT2D eigenvalue weighted by Gasteiger charge is 2.23. The standard InChI is InChI=1S/C21H26ClN3O2/c22-19-8-2-1-5-17(19)6-3-9-21(26)24-16-20(18-7-4-10-23-15-18)25-11-13-27-14-12-25/h1-2,4-5,7-8,10,15,20H,3,6,9,11-14,16H2,(H,24,26). The highest BCUT2D eigenvalue weighted by atomic mass is 35.5. The van der Waals surface area contributed by atoms with Gasteiger partial charge in [-0.25, -0.2) is 0 Å². The molecule has 0 radical (unpaired) electrons. The van der Waals surface area contributed by atoms with E-state index in [9.17, 15) is 4.79 Å². The molecule has 1 N–H and O–H groups in total. The maximum atomic E-state index is 12.3. The highest BCUT2D eigenvalue weighted by Crippen LogP contribution is 2.21. The number of benzene rings is 1. The minimum absolute atomic E-state index is 0.0733. The Balaban J connectivity index is 1.50. The molecule has 0 aliphatic carbocycles. The molecule has 1 aliphatic heterocycles. The molecule has 3 rings (SSSR count). The van der Waals surface area contributed by atoms with Gasteiger partial charge >= 0.3 is 0 Å². The molecule has 1 aliphatic rings. The summed E-state index contributed by atoms with van der Waals surface area (Å²) in [4.78, 5) is 18.9. The fourth-order valence-corrected chi connectivity index (χ4v) is 3.59. The van der Waals surface area contributed by atoms with Crippen LogP contribution in [0.4, 0.5) is 0 Å². The van der Waals surface area contributed by atoms with Crippen LogP contribution in [0.15, 0.2) is 48.8 Å². The van der Waals surface area contributed by atoms with Crippen LogP contribution in [0.3, 0.4) is 0 Å². The Morgan fingerprint density at radius 1 is 1.22 bits per heavy atom. The first-order valence-corrected chi connectivity index (χ1v) is 9.83. The van der Waals surface area contributed by atoms with E-state index in [4.69, 9.17) is 16.3 Å². The Labute approximate surface area is 165 Å². The van der Waals surface area contributed by atoms with Crippen molar-refractivity contribution in [2.45, 2.75) is 25.3 Å². The van der Waals surface area contributed by atoms with Gasteiger partial charge in [0.05, 0.1) is 19.3 Å². The molecule has 1 fully saturated rings. The molecule has 144 valence electrons. The van der Waals surface area contributed by atoms with E-state index in [1.165, 1.54) is 0 Å². The van der Waals surface area contributed by atoms with Crippen molar-refractivity contribution in [1.82, 2.24) is 15.2 Å². The van der Waals surface area contributed by atoms with Crippen molar-refractivity contribution in [1.29, 1.82) is 0 Å². The smallest absolute Gasteiger partial charge is 0.220 e. The minimum atomic E-state index is 0.0733. The summed E-state index contributed by atoms with van der Waals surface area (Å²) in [6, 6.07) is 11.9. The van der Waals surface area contributed by atoms with Gasteiger partial charge in [-0.15, -0.1) is 0 Å². The molecule has 1 atom stereocenters. The third kappa shape index (κ3) is 6.03. The molecule has 1 aromatic carbocycles. The second kappa shape index (κ2) is 10.4. The van der Waals surface area contributed by atoms with Crippen LogP contribution in [0.25, 0.3) is 0 Å². The van der Waals surface area contributed by atoms with Gasteiger partial charge in [-0.2, -0.15) is 0 Å². The van der Waals surface area contributed by atoms with Gasteiger partial charge in [-0.3, -0.25) is 14.7 Å².